The van der Waals surface area contributed by atoms with E-state index in [2.05, 4.69) is 30.5 Å². The van der Waals surface area contributed by atoms with Crippen LogP contribution in [-0.4, -0.2) is 29.1 Å². The summed E-state index contributed by atoms with van der Waals surface area (Å²) < 4.78 is 0. The van der Waals surface area contributed by atoms with Gasteiger partial charge in [0.2, 0.25) is 0 Å². The van der Waals surface area contributed by atoms with Crippen LogP contribution in [0.1, 0.15) is 33.1 Å². The molecule has 1 saturated heterocycles. The van der Waals surface area contributed by atoms with Crippen molar-refractivity contribution in [2.45, 2.75) is 38.5 Å². The van der Waals surface area contributed by atoms with Crippen LogP contribution in [0.3, 0.4) is 0 Å². The first-order chi connectivity index (χ1) is 5.38. The molecule has 0 aromatic carbocycles. The van der Waals surface area contributed by atoms with Crippen LogP contribution in [0.25, 0.3) is 0 Å². The molecule has 1 nitrogen and oxygen atoms in total. The quantitative estimate of drug-likeness (QED) is 0.643. The van der Waals surface area contributed by atoms with Gasteiger partial charge in [-0.25, -0.2) is 0 Å². The minimum atomic E-state index is 0.835. The first-order valence-electron chi connectivity index (χ1n) is 4.74. The third-order valence-electron chi connectivity index (χ3n) is 2.24. The summed E-state index contributed by atoms with van der Waals surface area (Å²) in [5, 5.41) is 0.835. The lowest BCUT2D eigenvalue weighted by Gasteiger charge is -2.21. The Kier molecular flexibility index (Phi) is 4.31. The second-order valence-electron chi connectivity index (χ2n) is 3.12. The van der Waals surface area contributed by atoms with Crippen LogP contribution in [-0.2, 0) is 0 Å². The minimum Gasteiger partial charge on any atom is -0.291 e. The van der Waals surface area contributed by atoms with Gasteiger partial charge in [-0.3, -0.25) is 4.90 Å². The van der Waals surface area contributed by atoms with Crippen molar-refractivity contribution in [1.29, 1.82) is 0 Å². The average Bonchev–Trinajstić information content (AvgIpc) is 2.47. The maximum atomic E-state index is 2.63. The molecular formula is C9H19NS. The normalized spacial score (nSPS) is 26.2. The van der Waals surface area contributed by atoms with E-state index in [1.807, 2.05) is 0 Å². The zero-order chi connectivity index (χ0) is 8.10. The summed E-state index contributed by atoms with van der Waals surface area (Å²) in [6, 6.07) is 0. The summed E-state index contributed by atoms with van der Waals surface area (Å²) in [5.74, 6) is 1.35. The van der Waals surface area contributed by atoms with Gasteiger partial charge >= 0.3 is 0 Å². The molecule has 1 aliphatic rings. The second kappa shape index (κ2) is 5.04. The van der Waals surface area contributed by atoms with E-state index in [0.29, 0.717) is 0 Å². The fourth-order valence-electron chi connectivity index (χ4n) is 1.55. The molecule has 0 radical (unpaired) electrons. The molecule has 1 rings (SSSR count). The Morgan fingerprint density at radius 3 is 2.91 bits per heavy atom. The topological polar surface area (TPSA) is 3.24 Å². The van der Waals surface area contributed by atoms with Crippen molar-refractivity contribution in [2.24, 2.45) is 0 Å². The van der Waals surface area contributed by atoms with E-state index < -0.39 is 0 Å². The van der Waals surface area contributed by atoms with Gasteiger partial charge in [0, 0.05) is 12.3 Å². The molecule has 1 heterocycles. The SMILES string of the molecule is CCCCN1CCSC1CC. The van der Waals surface area contributed by atoms with Crippen LogP contribution in [0.15, 0.2) is 0 Å². The Bertz CT molecular complexity index is 106. The minimum absolute atomic E-state index is 0.835. The predicted molar refractivity (Wildman–Crippen MR) is 53.0 cm³/mol. The molecule has 11 heavy (non-hydrogen) atoms. The van der Waals surface area contributed by atoms with E-state index in [1.165, 1.54) is 38.1 Å². The molecule has 0 spiro atoms. The molecule has 1 atom stereocenters. The van der Waals surface area contributed by atoms with E-state index in [4.69, 9.17) is 0 Å². The van der Waals surface area contributed by atoms with Crippen molar-refractivity contribution in [3.05, 3.63) is 0 Å². The lowest BCUT2D eigenvalue weighted by molar-refractivity contribution is 0.278. The van der Waals surface area contributed by atoms with Gasteiger partial charge in [0.15, 0.2) is 0 Å². The zero-order valence-electron chi connectivity index (χ0n) is 7.68. The summed E-state index contributed by atoms with van der Waals surface area (Å²) in [6.07, 6.45) is 4.02. The van der Waals surface area contributed by atoms with Gasteiger partial charge in [0.05, 0.1) is 5.37 Å². The van der Waals surface area contributed by atoms with Crippen LogP contribution < -0.4 is 0 Å². The first kappa shape index (κ1) is 9.40. The highest BCUT2D eigenvalue weighted by molar-refractivity contribution is 8.00. The van der Waals surface area contributed by atoms with Crippen LogP contribution >= 0.6 is 11.8 Å². The van der Waals surface area contributed by atoms with E-state index in [1.54, 1.807) is 0 Å². The Hall–Kier alpha value is 0.310. The molecule has 1 fully saturated rings. The highest BCUT2D eigenvalue weighted by Gasteiger charge is 2.21. The molecule has 0 aromatic rings. The summed E-state index contributed by atoms with van der Waals surface area (Å²) in [5.41, 5.74) is 0. The Morgan fingerprint density at radius 1 is 1.45 bits per heavy atom. The first-order valence-corrected chi connectivity index (χ1v) is 5.79. The summed E-state index contributed by atoms with van der Waals surface area (Å²) in [4.78, 5) is 2.63. The van der Waals surface area contributed by atoms with Crippen molar-refractivity contribution in [3.63, 3.8) is 0 Å². The maximum absolute atomic E-state index is 2.63. The summed E-state index contributed by atoms with van der Waals surface area (Å²) in [6.45, 7) is 7.21. The number of nitrogens with zero attached hydrogens (tertiary/aromatic N) is 1. The van der Waals surface area contributed by atoms with Gasteiger partial charge in [-0.05, 0) is 19.4 Å². The monoisotopic (exact) mass is 173 g/mol. The number of unbranched alkanes of at least 4 members (excludes halogenated alkanes) is 1. The highest BCUT2D eigenvalue weighted by atomic mass is 32.2. The third kappa shape index (κ3) is 2.68. The molecule has 0 aliphatic carbocycles. The van der Waals surface area contributed by atoms with Crippen molar-refractivity contribution < 1.29 is 0 Å². The number of thioether (sulfide) groups is 1. The van der Waals surface area contributed by atoms with Gasteiger partial charge < -0.3 is 0 Å². The van der Waals surface area contributed by atoms with Gasteiger partial charge in [-0.1, -0.05) is 20.3 Å². The van der Waals surface area contributed by atoms with E-state index in [-0.39, 0.29) is 0 Å². The van der Waals surface area contributed by atoms with Gasteiger partial charge in [0.1, 0.15) is 0 Å². The lowest BCUT2D eigenvalue weighted by atomic mass is 10.3. The molecule has 1 unspecified atom stereocenters. The number of rotatable bonds is 4. The molecule has 0 bridgehead atoms. The Morgan fingerprint density at radius 2 is 2.27 bits per heavy atom. The Balaban J connectivity index is 2.20. The standard InChI is InChI=1S/C9H19NS/c1-3-5-6-10-7-8-11-9(10)4-2/h9H,3-8H2,1-2H3. The van der Waals surface area contributed by atoms with E-state index in [9.17, 15) is 0 Å². The Labute approximate surface area is 74.5 Å². The molecule has 0 aromatic heterocycles. The van der Waals surface area contributed by atoms with Crippen molar-refractivity contribution in [3.8, 4) is 0 Å². The third-order valence-corrected chi connectivity index (χ3v) is 3.68. The smallest absolute Gasteiger partial charge is 0.0555 e. The van der Waals surface area contributed by atoms with Crippen molar-refractivity contribution in [2.75, 3.05) is 18.8 Å². The lowest BCUT2D eigenvalue weighted by Crippen LogP contribution is -2.28. The van der Waals surface area contributed by atoms with Gasteiger partial charge in [-0.15, -0.1) is 11.8 Å². The van der Waals surface area contributed by atoms with Crippen LogP contribution in [0.5, 0.6) is 0 Å². The number of hydrogen-bond donors (Lipinski definition) is 0. The maximum Gasteiger partial charge on any atom is 0.0555 e. The molecule has 0 amide bonds. The predicted octanol–water partition coefficient (Wildman–Crippen LogP) is 2.57. The van der Waals surface area contributed by atoms with Crippen molar-refractivity contribution >= 4 is 11.8 Å². The fraction of sp³-hybridized carbons (Fsp3) is 1.00. The van der Waals surface area contributed by atoms with Gasteiger partial charge in [0.25, 0.3) is 0 Å². The van der Waals surface area contributed by atoms with Crippen molar-refractivity contribution in [1.82, 2.24) is 4.90 Å². The molecule has 1 aliphatic heterocycles. The molecule has 2 heteroatoms. The molecule has 66 valence electrons. The zero-order valence-corrected chi connectivity index (χ0v) is 8.49. The summed E-state index contributed by atoms with van der Waals surface area (Å²) >= 11 is 2.13. The van der Waals surface area contributed by atoms with Gasteiger partial charge in [-0.2, -0.15) is 0 Å². The largest absolute Gasteiger partial charge is 0.291 e. The van der Waals surface area contributed by atoms with Crippen LogP contribution in [0.2, 0.25) is 0 Å². The van der Waals surface area contributed by atoms with Crippen LogP contribution in [0, 0.1) is 0 Å². The average molecular weight is 173 g/mol. The molecular weight excluding hydrogens is 154 g/mol. The van der Waals surface area contributed by atoms with E-state index >= 15 is 0 Å². The highest BCUT2D eigenvalue weighted by Crippen LogP contribution is 2.25. The van der Waals surface area contributed by atoms with Crippen LogP contribution in [0.4, 0.5) is 0 Å². The molecule has 0 saturated carbocycles. The fourth-order valence-corrected chi connectivity index (χ4v) is 2.82. The second-order valence-corrected chi connectivity index (χ2v) is 4.41. The summed E-state index contributed by atoms with van der Waals surface area (Å²) in [7, 11) is 0. The molecule has 0 N–H and O–H groups in total. The number of hydrogen-bond acceptors (Lipinski definition) is 2. The van der Waals surface area contributed by atoms with E-state index in [0.717, 1.165) is 5.37 Å².